The first kappa shape index (κ1) is 13.7. The van der Waals surface area contributed by atoms with Crippen molar-refractivity contribution in [2.75, 3.05) is 5.32 Å². The van der Waals surface area contributed by atoms with E-state index in [0.29, 0.717) is 16.9 Å². The zero-order chi connectivity index (χ0) is 13.4. The smallest absolute Gasteiger partial charge is 0.0718 e. The monoisotopic (exact) mass is 266 g/mol. The molecule has 0 atom stereocenters. The van der Waals surface area contributed by atoms with Gasteiger partial charge in [0.1, 0.15) is 0 Å². The van der Waals surface area contributed by atoms with Crippen molar-refractivity contribution in [3.05, 3.63) is 23.5 Å². The van der Waals surface area contributed by atoms with E-state index < -0.39 is 0 Å². The van der Waals surface area contributed by atoms with E-state index >= 15 is 0 Å². The molecule has 2 nitrogen and oxygen atoms in total. The normalized spacial score (nSPS) is 22.7. The molecule has 1 aromatic rings. The molecule has 1 fully saturated rings. The molecule has 1 N–H and O–H groups in total. The lowest BCUT2D eigenvalue weighted by Crippen LogP contribution is -2.40. The molecule has 0 aromatic carbocycles. The van der Waals surface area contributed by atoms with Gasteiger partial charge in [0.25, 0.3) is 0 Å². The van der Waals surface area contributed by atoms with Crippen LogP contribution in [0.3, 0.4) is 0 Å². The Labute approximate surface area is 115 Å². The summed E-state index contributed by atoms with van der Waals surface area (Å²) in [6.07, 6.45) is 7.18. The Balaban J connectivity index is 2.12. The quantitative estimate of drug-likeness (QED) is 0.835. The van der Waals surface area contributed by atoms with Crippen molar-refractivity contribution in [2.45, 2.75) is 53.0 Å². The van der Waals surface area contributed by atoms with Gasteiger partial charge in [-0.25, -0.2) is 0 Å². The SMILES string of the molecule is CC1(C)CC(Nc2cnccc2Cl)CC(C)(C)C1. The predicted octanol–water partition coefficient (Wildman–Crippen LogP) is 4.75. The highest BCUT2D eigenvalue weighted by Crippen LogP contribution is 2.46. The summed E-state index contributed by atoms with van der Waals surface area (Å²) in [6.45, 7) is 9.42. The summed E-state index contributed by atoms with van der Waals surface area (Å²) in [5, 5.41) is 4.32. The molecule has 0 radical (unpaired) electrons. The first-order valence-electron chi connectivity index (χ1n) is 6.64. The van der Waals surface area contributed by atoms with Crippen LogP contribution in [0.2, 0.25) is 5.02 Å². The Kier molecular flexibility index (Phi) is 3.59. The van der Waals surface area contributed by atoms with Gasteiger partial charge < -0.3 is 5.32 Å². The third kappa shape index (κ3) is 3.38. The zero-order valence-electron chi connectivity index (χ0n) is 11.8. The number of anilines is 1. The average Bonchev–Trinajstić information content (AvgIpc) is 2.16. The number of aromatic nitrogens is 1. The predicted molar refractivity (Wildman–Crippen MR) is 78.1 cm³/mol. The summed E-state index contributed by atoms with van der Waals surface area (Å²) < 4.78 is 0. The molecule has 18 heavy (non-hydrogen) atoms. The van der Waals surface area contributed by atoms with Crippen LogP contribution in [0.25, 0.3) is 0 Å². The average molecular weight is 267 g/mol. The number of rotatable bonds is 2. The first-order valence-corrected chi connectivity index (χ1v) is 7.01. The van der Waals surface area contributed by atoms with Crippen LogP contribution in [0.5, 0.6) is 0 Å². The van der Waals surface area contributed by atoms with Gasteiger partial charge in [-0.3, -0.25) is 4.98 Å². The summed E-state index contributed by atoms with van der Waals surface area (Å²) in [4.78, 5) is 4.14. The third-order valence-electron chi connectivity index (χ3n) is 3.68. The fraction of sp³-hybridized carbons (Fsp3) is 0.667. The van der Waals surface area contributed by atoms with E-state index in [1.54, 1.807) is 6.20 Å². The minimum absolute atomic E-state index is 0.383. The minimum atomic E-state index is 0.383. The van der Waals surface area contributed by atoms with E-state index in [9.17, 15) is 0 Å². The van der Waals surface area contributed by atoms with Crippen LogP contribution in [0, 0.1) is 10.8 Å². The van der Waals surface area contributed by atoms with E-state index in [0.717, 1.165) is 10.7 Å². The van der Waals surface area contributed by atoms with Crippen molar-refractivity contribution in [3.63, 3.8) is 0 Å². The zero-order valence-corrected chi connectivity index (χ0v) is 12.5. The maximum Gasteiger partial charge on any atom is 0.0718 e. The van der Waals surface area contributed by atoms with Crippen LogP contribution in [0.1, 0.15) is 47.0 Å². The molecule has 0 saturated heterocycles. The molecule has 0 bridgehead atoms. The van der Waals surface area contributed by atoms with Crippen molar-refractivity contribution in [1.82, 2.24) is 4.98 Å². The Morgan fingerprint density at radius 3 is 2.39 bits per heavy atom. The van der Waals surface area contributed by atoms with Gasteiger partial charge in [0.15, 0.2) is 0 Å². The highest BCUT2D eigenvalue weighted by molar-refractivity contribution is 6.33. The van der Waals surface area contributed by atoms with Crippen LogP contribution >= 0.6 is 11.6 Å². The fourth-order valence-electron chi connectivity index (χ4n) is 3.65. The van der Waals surface area contributed by atoms with E-state index in [-0.39, 0.29) is 0 Å². The highest BCUT2D eigenvalue weighted by Gasteiger charge is 2.38. The molecule has 1 saturated carbocycles. The Morgan fingerprint density at radius 2 is 1.83 bits per heavy atom. The van der Waals surface area contributed by atoms with E-state index in [4.69, 9.17) is 11.6 Å². The standard InChI is InChI=1S/C15H23ClN2/c1-14(2)7-11(8-15(3,4)10-14)18-13-9-17-6-5-12(13)16/h5-6,9,11,18H,7-8,10H2,1-4H3. The van der Waals surface area contributed by atoms with Crippen LogP contribution in [0.4, 0.5) is 5.69 Å². The fourth-order valence-corrected chi connectivity index (χ4v) is 3.81. The maximum absolute atomic E-state index is 6.18. The molecule has 1 heterocycles. The van der Waals surface area contributed by atoms with Gasteiger partial charge in [-0.1, -0.05) is 39.3 Å². The van der Waals surface area contributed by atoms with Crippen molar-refractivity contribution < 1.29 is 0 Å². The molecule has 0 unspecified atom stereocenters. The second-order valence-electron chi connectivity index (χ2n) is 7.11. The number of pyridine rings is 1. The summed E-state index contributed by atoms with van der Waals surface area (Å²) in [6, 6.07) is 2.31. The first-order chi connectivity index (χ1) is 8.27. The van der Waals surface area contributed by atoms with Gasteiger partial charge in [0.2, 0.25) is 0 Å². The summed E-state index contributed by atoms with van der Waals surface area (Å²) in [5.41, 5.74) is 1.72. The molecule has 1 aliphatic rings. The van der Waals surface area contributed by atoms with Crippen LogP contribution in [0.15, 0.2) is 18.5 Å². The van der Waals surface area contributed by atoms with Crippen molar-refractivity contribution in [1.29, 1.82) is 0 Å². The van der Waals surface area contributed by atoms with Gasteiger partial charge in [0, 0.05) is 12.2 Å². The lowest BCUT2D eigenvalue weighted by molar-refractivity contribution is 0.105. The minimum Gasteiger partial charge on any atom is -0.380 e. The van der Waals surface area contributed by atoms with Crippen molar-refractivity contribution in [3.8, 4) is 0 Å². The van der Waals surface area contributed by atoms with Gasteiger partial charge in [-0.05, 0) is 36.2 Å². The second-order valence-corrected chi connectivity index (χ2v) is 7.52. The van der Waals surface area contributed by atoms with Gasteiger partial charge in [-0.2, -0.15) is 0 Å². The number of halogens is 1. The molecule has 1 aliphatic carbocycles. The van der Waals surface area contributed by atoms with Gasteiger partial charge in [-0.15, -0.1) is 0 Å². The molecular weight excluding hydrogens is 244 g/mol. The largest absolute Gasteiger partial charge is 0.380 e. The Morgan fingerprint density at radius 1 is 1.22 bits per heavy atom. The molecule has 3 heteroatoms. The third-order valence-corrected chi connectivity index (χ3v) is 4.01. The van der Waals surface area contributed by atoms with Crippen LogP contribution < -0.4 is 5.32 Å². The highest BCUT2D eigenvalue weighted by atomic mass is 35.5. The maximum atomic E-state index is 6.18. The molecule has 0 aliphatic heterocycles. The second kappa shape index (κ2) is 4.73. The van der Waals surface area contributed by atoms with E-state index in [2.05, 4.69) is 38.0 Å². The van der Waals surface area contributed by atoms with E-state index in [1.165, 1.54) is 19.3 Å². The summed E-state index contributed by atoms with van der Waals surface area (Å²) >= 11 is 6.18. The molecular formula is C15H23ClN2. The van der Waals surface area contributed by atoms with Crippen LogP contribution in [-0.4, -0.2) is 11.0 Å². The van der Waals surface area contributed by atoms with Gasteiger partial charge >= 0.3 is 0 Å². The molecule has 0 spiro atoms. The Hall–Kier alpha value is -0.760. The number of nitrogens with zero attached hydrogens (tertiary/aromatic N) is 1. The summed E-state index contributed by atoms with van der Waals surface area (Å²) in [7, 11) is 0. The molecule has 2 rings (SSSR count). The lowest BCUT2D eigenvalue weighted by atomic mass is 9.63. The van der Waals surface area contributed by atoms with Crippen molar-refractivity contribution >= 4 is 17.3 Å². The van der Waals surface area contributed by atoms with Crippen molar-refractivity contribution in [2.24, 2.45) is 10.8 Å². The lowest BCUT2D eigenvalue weighted by Gasteiger charge is -2.45. The Bertz CT molecular complexity index is 410. The topological polar surface area (TPSA) is 24.9 Å². The number of nitrogens with one attached hydrogen (secondary N) is 1. The van der Waals surface area contributed by atoms with E-state index in [1.807, 2.05) is 12.3 Å². The number of hydrogen-bond acceptors (Lipinski definition) is 2. The summed E-state index contributed by atoms with van der Waals surface area (Å²) in [5.74, 6) is 0. The molecule has 1 aromatic heterocycles. The molecule has 0 amide bonds. The van der Waals surface area contributed by atoms with Crippen LogP contribution in [-0.2, 0) is 0 Å². The van der Waals surface area contributed by atoms with Gasteiger partial charge in [0.05, 0.1) is 16.9 Å². The number of hydrogen-bond donors (Lipinski definition) is 1. The molecule has 100 valence electrons.